The monoisotopic (exact) mass is 209 g/mol. The molecular weight excluding hydrogens is 182 g/mol. The molecule has 0 fully saturated rings. The maximum atomic E-state index is 3.03. The van der Waals surface area contributed by atoms with E-state index in [9.17, 15) is 0 Å². The molecule has 0 saturated carbocycles. The Morgan fingerprint density at radius 3 is 1.53 bits per heavy atom. The van der Waals surface area contributed by atoms with Gasteiger partial charge >= 0.3 is 0 Å². The highest BCUT2D eigenvalue weighted by atomic mass is 14.8. The van der Waals surface area contributed by atoms with Crippen LogP contribution in [0.1, 0.15) is 46.6 Å². The summed E-state index contributed by atoms with van der Waals surface area (Å²) in [6.07, 6.45) is 0. The van der Waals surface area contributed by atoms with E-state index < -0.39 is 0 Å². The van der Waals surface area contributed by atoms with E-state index in [2.05, 4.69) is 57.3 Å². The first kappa shape index (κ1) is 16.6. The standard InChI is InChI=1S/C9H12.C4H11N.CH4/c1-8(2)9-6-4-3-5-7-9;1-4(2)5-3;/h3-8H,1-2H3;4-5H,1-3H3;1H4. The minimum absolute atomic E-state index is 0. The van der Waals surface area contributed by atoms with Crippen molar-refractivity contribution in [2.75, 3.05) is 7.05 Å². The Bertz CT molecular complexity index is 214. The largest absolute Gasteiger partial charge is 0.318 e. The zero-order valence-electron chi connectivity index (χ0n) is 10.0. The molecule has 1 N–H and O–H groups in total. The fraction of sp³-hybridized carbons (Fsp3) is 0.571. The van der Waals surface area contributed by atoms with Gasteiger partial charge in [0.1, 0.15) is 0 Å². The zero-order valence-corrected chi connectivity index (χ0v) is 10.0. The molecule has 88 valence electrons. The van der Waals surface area contributed by atoms with Crippen molar-refractivity contribution in [2.24, 2.45) is 0 Å². The Balaban J connectivity index is 0. The van der Waals surface area contributed by atoms with Gasteiger partial charge in [-0.05, 0) is 18.5 Å². The van der Waals surface area contributed by atoms with E-state index in [4.69, 9.17) is 0 Å². The Hall–Kier alpha value is -0.820. The third-order valence-electron chi connectivity index (χ3n) is 2.04. The molecule has 0 radical (unpaired) electrons. The van der Waals surface area contributed by atoms with Gasteiger partial charge in [0.25, 0.3) is 0 Å². The molecule has 0 amide bonds. The summed E-state index contributed by atoms with van der Waals surface area (Å²) in [5, 5.41) is 3.03. The molecule has 0 bridgehead atoms. The molecule has 0 saturated heterocycles. The highest BCUT2D eigenvalue weighted by Crippen LogP contribution is 2.11. The van der Waals surface area contributed by atoms with Gasteiger partial charge in [0.05, 0.1) is 0 Å². The van der Waals surface area contributed by atoms with Crippen LogP contribution >= 0.6 is 0 Å². The van der Waals surface area contributed by atoms with Crippen LogP contribution in [-0.2, 0) is 0 Å². The molecule has 15 heavy (non-hydrogen) atoms. The molecule has 0 aromatic heterocycles. The minimum atomic E-state index is 0. The van der Waals surface area contributed by atoms with Gasteiger partial charge in [-0.15, -0.1) is 0 Å². The molecule has 0 aliphatic rings. The smallest absolute Gasteiger partial charge is 0.000733 e. The molecule has 1 aromatic carbocycles. The molecule has 0 aliphatic heterocycles. The molecule has 1 heteroatoms. The van der Waals surface area contributed by atoms with E-state index in [1.807, 2.05) is 13.1 Å². The van der Waals surface area contributed by atoms with Crippen molar-refractivity contribution in [3.8, 4) is 0 Å². The second-order valence-electron chi connectivity index (χ2n) is 4.01. The lowest BCUT2D eigenvalue weighted by atomic mass is 10.0. The predicted molar refractivity (Wildman–Crippen MR) is 71.5 cm³/mol. The number of hydrogen-bond donors (Lipinski definition) is 1. The average molecular weight is 209 g/mol. The van der Waals surface area contributed by atoms with Crippen LogP contribution in [0.2, 0.25) is 0 Å². The number of nitrogens with one attached hydrogen (secondary N) is 1. The summed E-state index contributed by atoms with van der Waals surface area (Å²) in [5.74, 6) is 0.659. The molecule has 1 rings (SSSR count). The van der Waals surface area contributed by atoms with Gasteiger partial charge in [0.2, 0.25) is 0 Å². The quantitative estimate of drug-likeness (QED) is 0.774. The number of rotatable bonds is 2. The third-order valence-corrected chi connectivity index (χ3v) is 2.04. The van der Waals surface area contributed by atoms with Crippen LogP contribution < -0.4 is 5.32 Å². The van der Waals surface area contributed by atoms with Crippen molar-refractivity contribution < 1.29 is 0 Å². The van der Waals surface area contributed by atoms with Gasteiger partial charge in [0, 0.05) is 6.04 Å². The summed E-state index contributed by atoms with van der Waals surface area (Å²) < 4.78 is 0. The normalized spacial score (nSPS) is 9.27. The SMILES string of the molecule is C.CC(C)c1ccccc1.CNC(C)C. The minimum Gasteiger partial charge on any atom is -0.318 e. The Kier molecular flexibility index (Phi) is 10.8. The van der Waals surface area contributed by atoms with Crippen molar-refractivity contribution >= 4 is 0 Å². The van der Waals surface area contributed by atoms with E-state index in [1.165, 1.54) is 5.56 Å². The molecule has 0 atom stereocenters. The number of hydrogen-bond acceptors (Lipinski definition) is 1. The number of benzene rings is 1. The predicted octanol–water partition coefficient (Wildman–Crippen LogP) is 4.06. The summed E-state index contributed by atoms with van der Waals surface area (Å²) >= 11 is 0. The first-order chi connectivity index (χ1) is 6.57. The summed E-state index contributed by atoms with van der Waals surface area (Å²) in [4.78, 5) is 0. The Labute approximate surface area is 95.9 Å². The van der Waals surface area contributed by atoms with E-state index in [1.54, 1.807) is 0 Å². The summed E-state index contributed by atoms with van der Waals surface area (Å²) in [6, 6.07) is 11.2. The van der Waals surface area contributed by atoms with E-state index >= 15 is 0 Å². The lowest BCUT2D eigenvalue weighted by Crippen LogP contribution is -2.15. The van der Waals surface area contributed by atoms with Gasteiger partial charge in [0.15, 0.2) is 0 Å². The molecule has 0 heterocycles. The summed E-state index contributed by atoms with van der Waals surface area (Å²) in [6.45, 7) is 8.63. The van der Waals surface area contributed by atoms with Gasteiger partial charge in [-0.3, -0.25) is 0 Å². The fourth-order valence-electron chi connectivity index (χ4n) is 0.838. The fourth-order valence-corrected chi connectivity index (χ4v) is 0.838. The van der Waals surface area contributed by atoms with E-state index in [-0.39, 0.29) is 7.43 Å². The molecule has 1 aromatic rings. The molecule has 0 spiro atoms. The zero-order chi connectivity index (χ0) is 11.0. The second-order valence-corrected chi connectivity index (χ2v) is 4.01. The highest BCUT2D eigenvalue weighted by molar-refractivity contribution is 5.17. The van der Waals surface area contributed by atoms with Crippen molar-refractivity contribution in [1.29, 1.82) is 0 Å². The molecule has 1 nitrogen and oxygen atoms in total. The van der Waals surface area contributed by atoms with Crippen LogP contribution in [0.5, 0.6) is 0 Å². The Morgan fingerprint density at radius 2 is 1.33 bits per heavy atom. The first-order valence-corrected chi connectivity index (χ1v) is 5.30. The highest BCUT2D eigenvalue weighted by Gasteiger charge is 1.93. The summed E-state index contributed by atoms with van der Waals surface area (Å²) in [5.41, 5.74) is 1.41. The molecule has 0 aliphatic carbocycles. The Morgan fingerprint density at radius 1 is 0.933 bits per heavy atom. The topological polar surface area (TPSA) is 12.0 Å². The van der Waals surface area contributed by atoms with Crippen LogP contribution in [0.3, 0.4) is 0 Å². The van der Waals surface area contributed by atoms with E-state index in [0.29, 0.717) is 12.0 Å². The van der Waals surface area contributed by atoms with Gasteiger partial charge in [-0.25, -0.2) is 0 Å². The van der Waals surface area contributed by atoms with Crippen LogP contribution in [0, 0.1) is 0 Å². The summed E-state index contributed by atoms with van der Waals surface area (Å²) in [7, 11) is 1.95. The second kappa shape index (κ2) is 9.72. The van der Waals surface area contributed by atoms with Crippen LogP contribution in [-0.4, -0.2) is 13.1 Å². The van der Waals surface area contributed by atoms with Gasteiger partial charge in [-0.1, -0.05) is 65.5 Å². The van der Waals surface area contributed by atoms with Crippen LogP contribution in [0.25, 0.3) is 0 Å². The maximum Gasteiger partial charge on any atom is 0.000733 e. The average Bonchev–Trinajstić information content (AvgIpc) is 2.20. The lowest BCUT2D eigenvalue weighted by molar-refractivity contribution is 0.668. The molecular formula is C14H27N. The van der Waals surface area contributed by atoms with Crippen molar-refractivity contribution in [3.05, 3.63) is 35.9 Å². The van der Waals surface area contributed by atoms with Crippen molar-refractivity contribution in [3.63, 3.8) is 0 Å². The third kappa shape index (κ3) is 9.48. The van der Waals surface area contributed by atoms with Crippen molar-refractivity contribution in [1.82, 2.24) is 5.32 Å². The van der Waals surface area contributed by atoms with Crippen LogP contribution in [0.15, 0.2) is 30.3 Å². The van der Waals surface area contributed by atoms with Gasteiger partial charge < -0.3 is 5.32 Å². The molecule has 0 unspecified atom stereocenters. The lowest BCUT2D eigenvalue weighted by Gasteiger charge is -2.01. The van der Waals surface area contributed by atoms with Gasteiger partial charge in [-0.2, -0.15) is 0 Å². The van der Waals surface area contributed by atoms with E-state index in [0.717, 1.165) is 0 Å². The van der Waals surface area contributed by atoms with Crippen LogP contribution in [0.4, 0.5) is 0 Å². The van der Waals surface area contributed by atoms with Crippen molar-refractivity contribution in [2.45, 2.75) is 47.1 Å². The first-order valence-electron chi connectivity index (χ1n) is 5.30. The maximum absolute atomic E-state index is 3.03.